The lowest BCUT2D eigenvalue weighted by molar-refractivity contribution is -0.0654. The van der Waals surface area contributed by atoms with Crippen molar-refractivity contribution in [2.24, 2.45) is 0 Å². The quantitative estimate of drug-likeness (QED) is 0.546. The minimum atomic E-state index is -0.241. The summed E-state index contributed by atoms with van der Waals surface area (Å²) in [6, 6.07) is 17.1. The normalized spacial score (nSPS) is 13.5. The Labute approximate surface area is 146 Å². The largest absolute Gasteiger partial charge is 0.465 e. The van der Waals surface area contributed by atoms with Crippen LogP contribution in [0.15, 0.2) is 48.5 Å². The van der Waals surface area contributed by atoms with Gasteiger partial charge in [0.25, 0.3) is 0 Å². The summed E-state index contributed by atoms with van der Waals surface area (Å²) in [6.07, 6.45) is 2.90. The zero-order valence-electron chi connectivity index (χ0n) is 15.4. The van der Waals surface area contributed by atoms with E-state index in [4.69, 9.17) is 9.47 Å². The lowest BCUT2D eigenvalue weighted by Gasteiger charge is -2.16. The molecule has 0 spiro atoms. The third-order valence-electron chi connectivity index (χ3n) is 4.54. The van der Waals surface area contributed by atoms with Crippen LogP contribution in [0.2, 0.25) is 0 Å². The van der Waals surface area contributed by atoms with Gasteiger partial charge < -0.3 is 9.47 Å². The summed E-state index contributed by atoms with van der Waals surface area (Å²) in [7, 11) is 0. The Morgan fingerprint density at radius 1 is 0.833 bits per heavy atom. The molecule has 130 valence electrons. The number of hydrogen-bond acceptors (Lipinski definition) is 2. The van der Waals surface area contributed by atoms with Crippen molar-refractivity contribution >= 4 is 0 Å². The molecule has 0 saturated heterocycles. The molecule has 0 radical (unpaired) electrons. The molecule has 0 aliphatic rings. The Morgan fingerprint density at radius 2 is 1.46 bits per heavy atom. The predicted molar refractivity (Wildman–Crippen MR) is 101 cm³/mol. The van der Waals surface area contributed by atoms with E-state index in [9.17, 15) is 0 Å². The van der Waals surface area contributed by atoms with Crippen molar-refractivity contribution in [2.45, 2.75) is 59.2 Å². The first kappa shape index (κ1) is 18.5. The van der Waals surface area contributed by atoms with E-state index in [1.165, 1.54) is 16.7 Å². The van der Waals surface area contributed by atoms with Crippen LogP contribution in [0.3, 0.4) is 0 Å². The first-order valence-corrected chi connectivity index (χ1v) is 9.08. The third kappa shape index (κ3) is 5.68. The Kier molecular flexibility index (Phi) is 7.33. The van der Waals surface area contributed by atoms with Crippen molar-refractivity contribution in [2.75, 3.05) is 6.61 Å². The van der Waals surface area contributed by atoms with E-state index in [1.807, 2.05) is 19.1 Å². The van der Waals surface area contributed by atoms with Crippen LogP contribution in [-0.2, 0) is 17.6 Å². The number of aryl methyl sites for hydroxylation is 1. The Morgan fingerprint density at radius 3 is 2.04 bits per heavy atom. The number of rotatable bonds is 9. The van der Waals surface area contributed by atoms with E-state index in [0.717, 1.165) is 25.0 Å². The average Bonchev–Trinajstić information content (AvgIpc) is 2.62. The molecule has 0 heterocycles. The number of benzene rings is 2. The summed E-state index contributed by atoms with van der Waals surface area (Å²) in [5.74, 6) is 1.45. The van der Waals surface area contributed by atoms with Crippen molar-refractivity contribution in [1.29, 1.82) is 0 Å². The second-order valence-corrected chi connectivity index (χ2v) is 6.35. The van der Waals surface area contributed by atoms with Gasteiger partial charge in [-0.25, -0.2) is 0 Å². The molecule has 0 amide bonds. The standard InChI is InChI=1S/C22H30O2/c1-5-17(3)21-11-13-22(14-12-21)24-18(4)23-16-15-20-9-7-19(6-2)8-10-20/h7-14,17-18H,5-6,15-16H2,1-4H3. The highest BCUT2D eigenvalue weighted by molar-refractivity contribution is 5.29. The SMILES string of the molecule is CCc1ccc(CCOC(C)Oc2ccc(C(C)CC)cc2)cc1. The summed E-state index contributed by atoms with van der Waals surface area (Å²) in [5.41, 5.74) is 4.03. The molecule has 0 N–H and O–H groups in total. The van der Waals surface area contributed by atoms with Gasteiger partial charge >= 0.3 is 0 Å². The fraction of sp³-hybridized carbons (Fsp3) is 0.455. The Balaban J connectivity index is 1.75. The van der Waals surface area contributed by atoms with Crippen molar-refractivity contribution in [3.05, 3.63) is 65.2 Å². The average molecular weight is 326 g/mol. The van der Waals surface area contributed by atoms with Crippen molar-refractivity contribution in [3.8, 4) is 5.75 Å². The minimum Gasteiger partial charge on any atom is -0.465 e. The van der Waals surface area contributed by atoms with E-state index >= 15 is 0 Å². The molecule has 0 bridgehead atoms. The Hall–Kier alpha value is -1.80. The highest BCUT2D eigenvalue weighted by Crippen LogP contribution is 2.22. The molecule has 0 aromatic heterocycles. The van der Waals surface area contributed by atoms with Crippen LogP contribution < -0.4 is 4.74 Å². The van der Waals surface area contributed by atoms with Gasteiger partial charge in [-0.15, -0.1) is 0 Å². The van der Waals surface area contributed by atoms with Gasteiger partial charge in [0.15, 0.2) is 6.29 Å². The van der Waals surface area contributed by atoms with E-state index in [2.05, 4.69) is 57.2 Å². The Bertz CT molecular complexity index is 586. The van der Waals surface area contributed by atoms with Crippen LogP contribution in [0.5, 0.6) is 5.75 Å². The van der Waals surface area contributed by atoms with Crippen LogP contribution in [0.25, 0.3) is 0 Å². The number of ether oxygens (including phenoxy) is 2. The molecule has 0 aliphatic heterocycles. The topological polar surface area (TPSA) is 18.5 Å². The van der Waals surface area contributed by atoms with Crippen molar-refractivity contribution in [1.82, 2.24) is 0 Å². The lowest BCUT2D eigenvalue weighted by Crippen LogP contribution is -2.17. The molecule has 2 heteroatoms. The third-order valence-corrected chi connectivity index (χ3v) is 4.54. The van der Waals surface area contributed by atoms with Gasteiger partial charge in [-0.2, -0.15) is 0 Å². The zero-order valence-corrected chi connectivity index (χ0v) is 15.4. The fourth-order valence-corrected chi connectivity index (χ4v) is 2.62. The summed E-state index contributed by atoms with van der Waals surface area (Å²) in [6.45, 7) is 9.24. The van der Waals surface area contributed by atoms with Crippen LogP contribution in [0, 0.1) is 0 Å². The highest BCUT2D eigenvalue weighted by Gasteiger charge is 2.06. The lowest BCUT2D eigenvalue weighted by atomic mass is 9.99. The van der Waals surface area contributed by atoms with Crippen LogP contribution >= 0.6 is 0 Å². The first-order chi connectivity index (χ1) is 11.6. The van der Waals surface area contributed by atoms with Crippen molar-refractivity contribution < 1.29 is 9.47 Å². The molecule has 2 unspecified atom stereocenters. The van der Waals surface area contributed by atoms with Gasteiger partial charge in [0.2, 0.25) is 0 Å². The predicted octanol–water partition coefficient (Wildman–Crippen LogP) is 5.75. The number of hydrogen-bond donors (Lipinski definition) is 0. The molecule has 24 heavy (non-hydrogen) atoms. The smallest absolute Gasteiger partial charge is 0.196 e. The summed E-state index contributed by atoms with van der Waals surface area (Å²) in [5, 5.41) is 0. The highest BCUT2D eigenvalue weighted by atomic mass is 16.7. The van der Waals surface area contributed by atoms with Gasteiger partial charge in [0.1, 0.15) is 5.75 Å². The second-order valence-electron chi connectivity index (χ2n) is 6.35. The van der Waals surface area contributed by atoms with Gasteiger partial charge in [-0.3, -0.25) is 0 Å². The summed E-state index contributed by atoms with van der Waals surface area (Å²) < 4.78 is 11.6. The van der Waals surface area contributed by atoms with Crippen LogP contribution in [0.4, 0.5) is 0 Å². The van der Waals surface area contributed by atoms with Crippen LogP contribution in [-0.4, -0.2) is 12.9 Å². The van der Waals surface area contributed by atoms with Gasteiger partial charge in [0.05, 0.1) is 6.61 Å². The molecule has 2 nitrogen and oxygen atoms in total. The van der Waals surface area contributed by atoms with E-state index in [0.29, 0.717) is 12.5 Å². The van der Waals surface area contributed by atoms with E-state index in [1.54, 1.807) is 0 Å². The molecule has 0 aliphatic carbocycles. The fourth-order valence-electron chi connectivity index (χ4n) is 2.62. The second kappa shape index (κ2) is 9.48. The molecule has 0 fully saturated rings. The summed E-state index contributed by atoms with van der Waals surface area (Å²) >= 11 is 0. The molecular weight excluding hydrogens is 296 g/mol. The van der Waals surface area contributed by atoms with E-state index in [-0.39, 0.29) is 6.29 Å². The minimum absolute atomic E-state index is 0.241. The molecule has 2 atom stereocenters. The first-order valence-electron chi connectivity index (χ1n) is 9.08. The van der Waals surface area contributed by atoms with Gasteiger partial charge in [-0.05, 0) is 60.9 Å². The molecular formula is C22H30O2. The maximum absolute atomic E-state index is 5.83. The zero-order chi connectivity index (χ0) is 17.4. The maximum Gasteiger partial charge on any atom is 0.196 e. The van der Waals surface area contributed by atoms with Gasteiger partial charge in [0, 0.05) is 0 Å². The molecule has 2 aromatic carbocycles. The van der Waals surface area contributed by atoms with Crippen molar-refractivity contribution in [3.63, 3.8) is 0 Å². The molecule has 2 aromatic rings. The van der Waals surface area contributed by atoms with Gasteiger partial charge in [-0.1, -0.05) is 57.2 Å². The molecule has 0 saturated carbocycles. The molecule has 2 rings (SSSR count). The monoisotopic (exact) mass is 326 g/mol. The van der Waals surface area contributed by atoms with Crippen LogP contribution in [0.1, 0.15) is 56.7 Å². The summed E-state index contributed by atoms with van der Waals surface area (Å²) in [4.78, 5) is 0. The maximum atomic E-state index is 5.83. The van der Waals surface area contributed by atoms with E-state index < -0.39 is 0 Å².